The van der Waals surface area contributed by atoms with Gasteiger partial charge in [0.1, 0.15) is 5.54 Å². The minimum Gasteiger partial charge on any atom is -0.480 e. The SMILES string of the molecule is CNC1(C(=O)O)CCC(SC2CCCC(C)C2)C1. The molecule has 0 aromatic carbocycles. The molecule has 2 N–H and O–H groups in total. The van der Waals surface area contributed by atoms with E-state index in [4.69, 9.17) is 0 Å². The highest BCUT2D eigenvalue weighted by molar-refractivity contribution is 8.00. The molecule has 0 radical (unpaired) electrons. The predicted molar refractivity (Wildman–Crippen MR) is 76.1 cm³/mol. The molecule has 2 aliphatic rings. The number of thioether (sulfide) groups is 1. The fourth-order valence-electron chi connectivity index (χ4n) is 3.42. The second kappa shape index (κ2) is 5.83. The van der Waals surface area contributed by atoms with Crippen molar-refractivity contribution in [3.05, 3.63) is 0 Å². The number of aliphatic carboxylic acids is 1. The van der Waals surface area contributed by atoms with E-state index in [0.29, 0.717) is 5.25 Å². The van der Waals surface area contributed by atoms with Crippen LogP contribution in [0.1, 0.15) is 51.9 Å². The van der Waals surface area contributed by atoms with Crippen LogP contribution in [0.4, 0.5) is 0 Å². The molecule has 4 heteroatoms. The van der Waals surface area contributed by atoms with E-state index in [1.54, 1.807) is 7.05 Å². The van der Waals surface area contributed by atoms with Gasteiger partial charge in [-0.2, -0.15) is 11.8 Å². The van der Waals surface area contributed by atoms with Crippen LogP contribution >= 0.6 is 11.8 Å². The molecule has 0 aromatic rings. The lowest BCUT2D eigenvalue weighted by Gasteiger charge is -2.29. The summed E-state index contributed by atoms with van der Waals surface area (Å²) in [6.45, 7) is 2.34. The van der Waals surface area contributed by atoms with Gasteiger partial charge in [-0.1, -0.05) is 19.8 Å². The van der Waals surface area contributed by atoms with Crippen molar-refractivity contribution in [2.45, 2.75) is 67.9 Å². The van der Waals surface area contributed by atoms with Crippen molar-refractivity contribution in [1.29, 1.82) is 0 Å². The topological polar surface area (TPSA) is 49.3 Å². The van der Waals surface area contributed by atoms with Crippen molar-refractivity contribution in [2.75, 3.05) is 7.05 Å². The maximum Gasteiger partial charge on any atom is 0.323 e. The molecule has 0 bridgehead atoms. The zero-order chi connectivity index (χ0) is 13.2. The smallest absolute Gasteiger partial charge is 0.323 e. The lowest BCUT2D eigenvalue weighted by molar-refractivity contribution is -0.144. The summed E-state index contributed by atoms with van der Waals surface area (Å²) in [4.78, 5) is 11.4. The van der Waals surface area contributed by atoms with Crippen LogP contribution in [0, 0.1) is 5.92 Å². The van der Waals surface area contributed by atoms with Crippen LogP contribution in [0.25, 0.3) is 0 Å². The molecule has 0 spiro atoms. The van der Waals surface area contributed by atoms with Crippen molar-refractivity contribution in [3.8, 4) is 0 Å². The van der Waals surface area contributed by atoms with E-state index >= 15 is 0 Å². The van der Waals surface area contributed by atoms with E-state index in [2.05, 4.69) is 24.0 Å². The van der Waals surface area contributed by atoms with Crippen LogP contribution < -0.4 is 5.32 Å². The van der Waals surface area contributed by atoms with Gasteiger partial charge in [0, 0.05) is 10.5 Å². The Morgan fingerprint density at radius 2 is 2.11 bits per heavy atom. The third-order valence-corrected chi connectivity index (χ3v) is 6.23. The van der Waals surface area contributed by atoms with Gasteiger partial charge in [0.25, 0.3) is 0 Å². The number of hydrogen-bond donors (Lipinski definition) is 2. The molecular formula is C14H25NO2S. The Morgan fingerprint density at radius 1 is 1.33 bits per heavy atom. The minimum absolute atomic E-state index is 0.531. The van der Waals surface area contributed by atoms with E-state index in [0.717, 1.165) is 30.4 Å². The number of carboxylic acid groups (broad SMARTS) is 1. The maximum absolute atomic E-state index is 11.4. The highest BCUT2D eigenvalue weighted by Crippen LogP contribution is 2.42. The number of likely N-dealkylation sites (N-methyl/N-ethyl adjacent to an activating group) is 1. The summed E-state index contributed by atoms with van der Waals surface area (Å²) < 4.78 is 0. The number of rotatable bonds is 4. The quantitative estimate of drug-likeness (QED) is 0.825. The van der Waals surface area contributed by atoms with E-state index in [-0.39, 0.29) is 0 Å². The first-order chi connectivity index (χ1) is 8.55. The van der Waals surface area contributed by atoms with E-state index < -0.39 is 11.5 Å². The van der Waals surface area contributed by atoms with Gasteiger partial charge < -0.3 is 10.4 Å². The van der Waals surface area contributed by atoms with Crippen LogP contribution in [-0.4, -0.2) is 34.2 Å². The van der Waals surface area contributed by atoms with Crippen molar-refractivity contribution in [1.82, 2.24) is 5.32 Å². The Kier molecular flexibility index (Phi) is 4.59. The second-order valence-electron chi connectivity index (χ2n) is 6.03. The second-order valence-corrected chi connectivity index (χ2v) is 7.64. The van der Waals surface area contributed by atoms with Crippen LogP contribution in [0.2, 0.25) is 0 Å². The fraction of sp³-hybridized carbons (Fsp3) is 0.929. The van der Waals surface area contributed by atoms with Crippen molar-refractivity contribution in [2.24, 2.45) is 5.92 Å². The summed E-state index contributed by atoms with van der Waals surface area (Å²) in [5, 5.41) is 13.7. The van der Waals surface area contributed by atoms with Gasteiger partial charge in [0.15, 0.2) is 0 Å². The molecule has 104 valence electrons. The molecule has 18 heavy (non-hydrogen) atoms. The van der Waals surface area contributed by atoms with E-state index in [1.807, 2.05) is 0 Å². The largest absolute Gasteiger partial charge is 0.480 e. The molecule has 2 fully saturated rings. The van der Waals surface area contributed by atoms with Gasteiger partial charge in [-0.15, -0.1) is 0 Å². The molecule has 2 aliphatic carbocycles. The summed E-state index contributed by atoms with van der Waals surface area (Å²) in [5.41, 5.74) is -0.655. The van der Waals surface area contributed by atoms with Crippen molar-refractivity contribution >= 4 is 17.7 Å². The standard InChI is InChI=1S/C14H25NO2S/c1-10-4-3-5-11(8-10)18-12-6-7-14(9-12,15-2)13(16)17/h10-12,15H,3-9H2,1-2H3,(H,16,17). The number of hydrogen-bond acceptors (Lipinski definition) is 3. The van der Waals surface area contributed by atoms with Gasteiger partial charge in [-0.25, -0.2) is 0 Å². The zero-order valence-corrected chi connectivity index (χ0v) is 12.3. The molecular weight excluding hydrogens is 246 g/mol. The highest BCUT2D eigenvalue weighted by atomic mass is 32.2. The summed E-state index contributed by atoms with van der Waals surface area (Å²) in [5.74, 6) is 0.177. The molecule has 4 atom stereocenters. The molecule has 4 unspecified atom stereocenters. The Balaban J connectivity index is 1.87. The Hall–Kier alpha value is -0.220. The van der Waals surface area contributed by atoms with E-state index in [9.17, 15) is 9.90 Å². The van der Waals surface area contributed by atoms with Crippen LogP contribution in [-0.2, 0) is 4.79 Å². The Morgan fingerprint density at radius 3 is 2.67 bits per heavy atom. The summed E-state index contributed by atoms with van der Waals surface area (Å²) in [6.07, 6.45) is 7.97. The maximum atomic E-state index is 11.4. The molecule has 0 saturated heterocycles. The van der Waals surface area contributed by atoms with Gasteiger partial charge in [0.2, 0.25) is 0 Å². The molecule has 3 nitrogen and oxygen atoms in total. The van der Waals surface area contributed by atoms with Crippen molar-refractivity contribution < 1.29 is 9.90 Å². The predicted octanol–water partition coefficient (Wildman–Crippen LogP) is 2.89. The Labute approximate surface area is 114 Å². The third-order valence-electron chi connectivity index (χ3n) is 4.63. The number of nitrogens with one attached hydrogen (secondary N) is 1. The first-order valence-corrected chi connectivity index (χ1v) is 8.08. The lowest BCUT2D eigenvalue weighted by Crippen LogP contribution is -2.48. The first kappa shape index (κ1) is 14.2. The monoisotopic (exact) mass is 271 g/mol. The normalized spacial score (nSPS) is 40.9. The Bertz CT molecular complexity index is 310. The fourth-order valence-corrected chi connectivity index (χ4v) is 5.34. The molecule has 0 amide bonds. The van der Waals surface area contributed by atoms with Crippen LogP contribution in [0.5, 0.6) is 0 Å². The van der Waals surface area contributed by atoms with Gasteiger partial charge in [0.05, 0.1) is 0 Å². The van der Waals surface area contributed by atoms with Crippen molar-refractivity contribution in [3.63, 3.8) is 0 Å². The molecule has 0 heterocycles. The van der Waals surface area contributed by atoms with Crippen LogP contribution in [0.15, 0.2) is 0 Å². The molecule has 2 rings (SSSR count). The number of carboxylic acids is 1. The van der Waals surface area contributed by atoms with Gasteiger partial charge in [-0.3, -0.25) is 4.79 Å². The van der Waals surface area contributed by atoms with E-state index in [1.165, 1.54) is 25.7 Å². The van der Waals surface area contributed by atoms with Gasteiger partial charge in [-0.05, 0) is 45.1 Å². The summed E-state index contributed by atoms with van der Waals surface area (Å²) in [7, 11) is 1.78. The number of carbonyl (C=O) groups is 1. The van der Waals surface area contributed by atoms with Gasteiger partial charge >= 0.3 is 5.97 Å². The molecule has 0 aromatic heterocycles. The summed E-state index contributed by atoms with van der Waals surface area (Å²) in [6, 6.07) is 0. The average molecular weight is 271 g/mol. The average Bonchev–Trinajstić information content (AvgIpc) is 2.74. The highest BCUT2D eigenvalue weighted by Gasteiger charge is 2.45. The molecule has 2 saturated carbocycles. The minimum atomic E-state index is -0.676. The zero-order valence-electron chi connectivity index (χ0n) is 11.4. The molecule has 0 aliphatic heterocycles. The lowest BCUT2D eigenvalue weighted by atomic mass is 9.91. The van der Waals surface area contributed by atoms with Crippen LogP contribution in [0.3, 0.4) is 0 Å². The summed E-state index contributed by atoms with van der Waals surface area (Å²) >= 11 is 2.06. The first-order valence-electron chi connectivity index (χ1n) is 7.13. The third kappa shape index (κ3) is 3.02.